The monoisotopic (exact) mass is 518 g/mol. The van der Waals surface area contributed by atoms with Crippen LogP contribution in [0.5, 0.6) is 11.5 Å². The first-order valence-corrected chi connectivity index (χ1v) is 12.9. The molecule has 198 valence electrons. The van der Waals surface area contributed by atoms with E-state index in [0.717, 1.165) is 22.4 Å². The fourth-order valence-electron chi connectivity index (χ4n) is 4.99. The first kappa shape index (κ1) is 25.6. The van der Waals surface area contributed by atoms with Crippen LogP contribution < -0.4 is 14.8 Å². The molecule has 2 amide bonds. The first-order chi connectivity index (χ1) is 18.5. The average Bonchev–Trinajstić information content (AvgIpc) is 3.41. The van der Waals surface area contributed by atoms with Crippen LogP contribution in [0.1, 0.15) is 36.0 Å². The van der Waals surface area contributed by atoms with Crippen molar-refractivity contribution in [1.29, 1.82) is 0 Å². The van der Waals surface area contributed by atoms with Gasteiger partial charge in [-0.25, -0.2) is 9.18 Å². The van der Waals surface area contributed by atoms with Crippen molar-refractivity contribution < 1.29 is 28.2 Å². The van der Waals surface area contributed by atoms with Gasteiger partial charge in [0, 0.05) is 38.9 Å². The number of nitrogens with one attached hydrogen (secondary N) is 1. The highest BCUT2D eigenvalue weighted by molar-refractivity contribution is 5.76. The van der Waals surface area contributed by atoms with Crippen LogP contribution in [0.25, 0.3) is 0 Å². The van der Waals surface area contributed by atoms with E-state index in [0.29, 0.717) is 57.5 Å². The lowest BCUT2D eigenvalue weighted by Gasteiger charge is -2.41. The molecule has 2 aliphatic heterocycles. The molecule has 0 aromatic heterocycles. The van der Waals surface area contributed by atoms with Crippen LogP contribution in [-0.2, 0) is 28.0 Å². The normalized spacial score (nSPS) is 15.7. The number of piperidine rings is 1. The molecule has 1 fully saturated rings. The van der Waals surface area contributed by atoms with Crippen molar-refractivity contribution in [1.82, 2.24) is 10.2 Å². The zero-order valence-corrected chi connectivity index (χ0v) is 21.2. The zero-order valence-electron chi connectivity index (χ0n) is 21.2. The summed E-state index contributed by atoms with van der Waals surface area (Å²) in [5, 5.41) is 2.88. The van der Waals surface area contributed by atoms with Crippen molar-refractivity contribution in [2.75, 3.05) is 26.4 Å². The van der Waals surface area contributed by atoms with Crippen LogP contribution in [0.3, 0.4) is 0 Å². The van der Waals surface area contributed by atoms with Crippen molar-refractivity contribution in [3.05, 3.63) is 95.3 Å². The maximum absolute atomic E-state index is 13.1. The summed E-state index contributed by atoms with van der Waals surface area (Å²) in [5.74, 6) is 1.20. The van der Waals surface area contributed by atoms with Gasteiger partial charge in [-0.1, -0.05) is 48.5 Å². The minimum atomic E-state index is -0.808. The van der Waals surface area contributed by atoms with Crippen molar-refractivity contribution in [3.63, 3.8) is 0 Å². The number of fused-ring (bicyclic) bond motifs is 1. The molecule has 3 aromatic carbocycles. The van der Waals surface area contributed by atoms with Crippen LogP contribution in [0.15, 0.2) is 72.8 Å². The number of aryl methyl sites for hydroxylation is 1. The van der Waals surface area contributed by atoms with Crippen molar-refractivity contribution in [2.45, 2.75) is 37.7 Å². The molecule has 0 bridgehead atoms. The van der Waals surface area contributed by atoms with Gasteiger partial charge >= 0.3 is 6.09 Å². The standard InChI is InChI=1S/C30H31FN2O5/c31-25-10-6-22(7-11-25)9-13-28(34)33-18-15-30(16-19-33,24-4-2-1-3-5-24)38-29(35)32-17-14-23-8-12-26-27(20-23)37-21-36-26/h1-8,10-12,20H,9,13-19,21H2,(H,32,35). The van der Waals surface area contributed by atoms with Gasteiger partial charge in [0.05, 0.1) is 0 Å². The Hall–Kier alpha value is -4.07. The molecule has 2 heterocycles. The van der Waals surface area contributed by atoms with Gasteiger partial charge in [0.2, 0.25) is 12.7 Å². The maximum atomic E-state index is 13.1. The molecule has 0 aliphatic carbocycles. The van der Waals surface area contributed by atoms with Crippen LogP contribution in [0.2, 0.25) is 0 Å². The smallest absolute Gasteiger partial charge is 0.408 e. The summed E-state index contributed by atoms with van der Waals surface area (Å²) in [6.07, 6.45) is 2.07. The maximum Gasteiger partial charge on any atom is 0.408 e. The number of halogens is 1. The predicted molar refractivity (Wildman–Crippen MR) is 139 cm³/mol. The Labute approximate surface area is 221 Å². The highest BCUT2D eigenvalue weighted by Crippen LogP contribution is 2.37. The second-order valence-corrected chi connectivity index (χ2v) is 9.62. The second-order valence-electron chi connectivity index (χ2n) is 9.62. The summed E-state index contributed by atoms with van der Waals surface area (Å²) >= 11 is 0. The van der Waals surface area contributed by atoms with Gasteiger partial charge in [0.1, 0.15) is 11.4 Å². The fraction of sp³-hybridized carbons (Fsp3) is 0.333. The molecule has 0 atom stereocenters. The lowest BCUT2D eigenvalue weighted by Crippen LogP contribution is -2.48. The Bertz CT molecular complexity index is 1260. The summed E-state index contributed by atoms with van der Waals surface area (Å²) in [6.45, 7) is 1.61. The summed E-state index contributed by atoms with van der Waals surface area (Å²) in [7, 11) is 0. The van der Waals surface area contributed by atoms with Crippen LogP contribution in [0.4, 0.5) is 9.18 Å². The lowest BCUT2D eigenvalue weighted by atomic mass is 9.84. The quantitative estimate of drug-likeness (QED) is 0.456. The van der Waals surface area contributed by atoms with Gasteiger partial charge in [-0.2, -0.15) is 0 Å². The Morgan fingerprint density at radius 1 is 0.895 bits per heavy atom. The minimum Gasteiger partial charge on any atom is -0.454 e. The van der Waals surface area contributed by atoms with E-state index in [4.69, 9.17) is 14.2 Å². The molecule has 38 heavy (non-hydrogen) atoms. The number of carbonyl (C=O) groups excluding carboxylic acids is 2. The molecule has 3 aromatic rings. The van der Waals surface area contributed by atoms with Gasteiger partial charge in [-0.05, 0) is 53.8 Å². The SMILES string of the molecule is O=C(NCCc1ccc2c(c1)OCO2)OC1(c2ccccc2)CCN(C(=O)CCc2ccc(F)cc2)CC1. The minimum absolute atomic E-state index is 0.0455. The molecule has 5 rings (SSSR count). The molecule has 0 saturated carbocycles. The van der Waals surface area contributed by atoms with Crippen LogP contribution >= 0.6 is 0 Å². The molecular formula is C30H31FN2O5. The van der Waals surface area contributed by atoms with Crippen LogP contribution in [0, 0.1) is 5.82 Å². The topological polar surface area (TPSA) is 77.1 Å². The Morgan fingerprint density at radius 2 is 1.61 bits per heavy atom. The molecule has 2 aliphatic rings. The van der Waals surface area contributed by atoms with Gasteiger partial charge in [0.25, 0.3) is 0 Å². The number of hydrogen-bond donors (Lipinski definition) is 1. The lowest BCUT2D eigenvalue weighted by molar-refractivity contribution is -0.135. The number of carbonyl (C=O) groups is 2. The van der Waals surface area contributed by atoms with Crippen LogP contribution in [-0.4, -0.2) is 43.3 Å². The Morgan fingerprint density at radius 3 is 2.37 bits per heavy atom. The van der Waals surface area contributed by atoms with E-state index in [9.17, 15) is 14.0 Å². The Balaban J connectivity index is 1.16. The Kier molecular flexibility index (Phi) is 7.77. The molecule has 7 nitrogen and oxygen atoms in total. The molecule has 0 unspecified atom stereocenters. The molecule has 0 radical (unpaired) electrons. The third kappa shape index (κ3) is 6.07. The first-order valence-electron chi connectivity index (χ1n) is 12.9. The zero-order chi connectivity index (χ0) is 26.4. The number of benzene rings is 3. The molecule has 1 N–H and O–H groups in total. The van der Waals surface area contributed by atoms with E-state index in [-0.39, 0.29) is 18.5 Å². The third-order valence-corrected chi connectivity index (χ3v) is 7.17. The van der Waals surface area contributed by atoms with E-state index in [1.165, 1.54) is 12.1 Å². The summed E-state index contributed by atoms with van der Waals surface area (Å²) < 4.78 is 30.0. The van der Waals surface area contributed by atoms with Crippen molar-refractivity contribution in [2.24, 2.45) is 0 Å². The van der Waals surface area contributed by atoms with Crippen molar-refractivity contribution >= 4 is 12.0 Å². The largest absolute Gasteiger partial charge is 0.454 e. The average molecular weight is 519 g/mol. The van der Waals surface area contributed by atoms with Crippen molar-refractivity contribution in [3.8, 4) is 11.5 Å². The summed E-state index contributed by atoms with van der Waals surface area (Å²) in [6, 6.07) is 21.7. The number of likely N-dealkylation sites (tertiary alicyclic amines) is 1. The number of nitrogens with zero attached hydrogens (tertiary/aromatic N) is 1. The summed E-state index contributed by atoms with van der Waals surface area (Å²) in [4.78, 5) is 27.6. The highest BCUT2D eigenvalue weighted by Gasteiger charge is 2.40. The fourth-order valence-corrected chi connectivity index (χ4v) is 4.99. The number of rotatable bonds is 8. The van der Waals surface area contributed by atoms with Gasteiger partial charge in [-0.15, -0.1) is 0 Å². The predicted octanol–water partition coefficient (Wildman–Crippen LogP) is 4.97. The number of ether oxygens (including phenoxy) is 3. The van der Waals surface area contributed by atoms with E-state index >= 15 is 0 Å². The number of amides is 2. The third-order valence-electron chi connectivity index (χ3n) is 7.17. The number of hydrogen-bond acceptors (Lipinski definition) is 5. The van der Waals surface area contributed by atoms with Gasteiger partial charge < -0.3 is 24.4 Å². The number of alkyl carbamates (subject to hydrolysis) is 1. The summed E-state index contributed by atoms with van der Waals surface area (Å²) in [5.41, 5.74) is 2.07. The van der Waals surface area contributed by atoms with E-state index < -0.39 is 11.7 Å². The van der Waals surface area contributed by atoms with E-state index in [2.05, 4.69) is 5.32 Å². The molecule has 1 saturated heterocycles. The molecule has 8 heteroatoms. The highest BCUT2D eigenvalue weighted by atomic mass is 19.1. The van der Waals surface area contributed by atoms with Gasteiger partial charge in [0.15, 0.2) is 11.5 Å². The molecular weight excluding hydrogens is 487 g/mol. The van der Waals surface area contributed by atoms with Gasteiger partial charge in [-0.3, -0.25) is 4.79 Å². The van der Waals surface area contributed by atoms with E-state index in [1.54, 1.807) is 12.1 Å². The van der Waals surface area contributed by atoms with E-state index in [1.807, 2.05) is 53.4 Å². The second kappa shape index (κ2) is 11.5. The molecule has 0 spiro atoms.